The Kier molecular flexibility index (Phi) is 4.19. The van der Waals surface area contributed by atoms with E-state index in [0.29, 0.717) is 0 Å². The molecule has 0 spiro atoms. The Labute approximate surface area is 102 Å². The standard InChI is InChI=1S/C11H12F2N2O3/c1-5(16)15-7(11(14)18)4-6-2-3-8(17)10(13)9(6)12/h2-3,7,17H,4H2,1H3,(H2,14,18)(H,15,16)/t7-/m0/s1. The second-order valence-electron chi connectivity index (χ2n) is 3.73. The maximum atomic E-state index is 13.4. The first-order valence-electron chi connectivity index (χ1n) is 5.05. The highest BCUT2D eigenvalue weighted by molar-refractivity contribution is 5.85. The van der Waals surface area contributed by atoms with Crippen molar-refractivity contribution in [2.75, 3.05) is 0 Å². The van der Waals surface area contributed by atoms with Crippen molar-refractivity contribution >= 4 is 11.8 Å². The topological polar surface area (TPSA) is 92.4 Å². The summed E-state index contributed by atoms with van der Waals surface area (Å²) in [5.74, 6) is -4.88. The lowest BCUT2D eigenvalue weighted by Crippen LogP contribution is -2.45. The average molecular weight is 258 g/mol. The van der Waals surface area contributed by atoms with Gasteiger partial charge in [-0.25, -0.2) is 4.39 Å². The van der Waals surface area contributed by atoms with Gasteiger partial charge in [0.15, 0.2) is 11.6 Å². The van der Waals surface area contributed by atoms with Crippen molar-refractivity contribution in [1.82, 2.24) is 5.32 Å². The predicted octanol–water partition coefficient (Wildman–Crippen LogP) is 0.203. The van der Waals surface area contributed by atoms with Crippen molar-refractivity contribution in [3.63, 3.8) is 0 Å². The van der Waals surface area contributed by atoms with Gasteiger partial charge in [0.05, 0.1) is 0 Å². The van der Waals surface area contributed by atoms with Crippen LogP contribution in [0.3, 0.4) is 0 Å². The number of nitrogens with two attached hydrogens (primary N) is 1. The van der Waals surface area contributed by atoms with Crippen molar-refractivity contribution in [2.45, 2.75) is 19.4 Å². The molecule has 1 aromatic rings. The Morgan fingerprint density at radius 3 is 2.50 bits per heavy atom. The second-order valence-corrected chi connectivity index (χ2v) is 3.73. The van der Waals surface area contributed by atoms with Crippen LogP contribution in [-0.2, 0) is 16.0 Å². The lowest BCUT2D eigenvalue weighted by molar-refractivity contribution is -0.126. The van der Waals surface area contributed by atoms with Gasteiger partial charge >= 0.3 is 0 Å². The van der Waals surface area contributed by atoms with Crippen LogP contribution in [0.25, 0.3) is 0 Å². The SMILES string of the molecule is CC(=O)N[C@@H](Cc1ccc(O)c(F)c1F)C(N)=O. The number of nitrogens with one attached hydrogen (secondary N) is 1. The van der Waals surface area contributed by atoms with E-state index in [-0.39, 0.29) is 12.0 Å². The van der Waals surface area contributed by atoms with Gasteiger partial charge in [-0.3, -0.25) is 9.59 Å². The zero-order chi connectivity index (χ0) is 13.9. The van der Waals surface area contributed by atoms with Crippen LogP contribution in [0.15, 0.2) is 12.1 Å². The van der Waals surface area contributed by atoms with Crippen molar-refractivity contribution in [3.8, 4) is 5.75 Å². The highest BCUT2D eigenvalue weighted by Gasteiger charge is 2.21. The monoisotopic (exact) mass is 258 g/mol. The van der Waals surface area contributed by atoms with Gasteiger partial charge in [-0.15, -0.1) is 0 Å². The number of hydrogen-bond acceptors (Lipinski definition) is 3. The molecular weight excluding hydrogens is 246 g/mol. The Balaban J connectivity index is 2.98. The third-order valence-corrected chi connectivity index (χ3v) is 2.29. The Morgan fingerprint density at radius 1 is 1.39 bits per heavy atom. The van der Waals surface area contributed by atoms with Gasteiger partial charge in [-0.05, 0) is 11.6 Å². The number of aromatic hydroxyl groups is 1. The number of halogens is 2. The average Bonchev–Trinajstić information content (AvgIpc) is 2.28. The molecule has 7 heteroatoms. The van der Waals surface area contributed by atoms with Gasteiger partial charge in [0.2, 0.25) is 17.6 Å². The normalized spacial score (nSPS) is 11.9. The van der Waals surface area contributed by atoms with E-state index in [2.05, 4.69) is 5.32 Å². The number of amides is 2. The van der Waals surface area contributed by atoms with Gasteiger partial charge in [-0.1, -0.05) is 6.07 Å². The molecule has 1 aromatic carbocycles. The summed E-state index contributed by atoms with van der Waals surface area (Å²) >= 11 is 0. The molecule has 2 amide bonds. The van der Waals surface area contributed by atoms with Gasteiger partial charge in [-0.2, -0.15) is 4.39 Å². The Hall–Kier alpha value is -2.18. The highest BCUT2D eigenvalue weighted by Crippen LogP contribution is 2.22. The van der Waals surface area contributed by atoms with Crippen molar-refractivity contribution in [1.29, 1.82) is 0 Å². The molecule has 0 fully saturated rings. The lowest BCUT2D eigenvalue weighted by Gasteiger charge is -2.15. The van der Waals surface area contributed by atoms with Crippen LogP contribution in [0.2, 0.25) is 0 Å². The summed E-state index contributed by atoms with van der Waals surface area (Å²) in [4.78, 5) is 21.9. The van der Waals surface area contributed by atoms with Crippen molar-refractivity contribution in [2.24, 2.45) is 5.73 Å². The molecule has 18 heavy (non-hydrogen) atoms. The molecule has 1 rings (SSSR count). The number of rotatable bonds is 4. The minimum Gasteiger partial charge on any atom is -0.505 e. The maximum absolute atomic E-state index is 13.4. The van der Waals surface area contributed by atoms with Crippen LogP contribution in [0.5, 0.6) is 5.75 Å². The van der Waals surface area contributed by atoms with Crippen LogP contribution < -0.4 is 11.1 Å². The number of benzene rings is 1. The molecule has 0 unspecified atom stereocenters. The van der Waals surface area contributed by atoms with Crippen LogP contribution in [0.1, 0.15) is 12.5 Å². The van der Waals surface area contributed by atoms with Crippen molar-refractivity contribution < 1.29 is 23.5 Å². The summed E-state index contributed by atoms with van der Waals surface area (Å²) in [7, 11) is 0. The molecule has 0 aliphatic heterocycles. The highest BCUT2D eigenvalue weighted by atomic mass is 19.2. The molecule has 0 heterocycles. The van der Waals surface area contributed by atoms with Crippen LogP contribution in [-0.4, -0.2) is 23.0 Å². The third-order valence-electron chi connectivity index (χ3n) is 2.29. The molecular formula is C11H12F2N2O3. The summed E-state index contributed by atoms with van der Waals surface area (Å²) in [6, 6.07) is 0.936. The molecule has 0 radical (unpaired) electrons. The van der Waals surface area contributed by atoms with Crippen LogP contribution in [0.4, 0.5) is 8.78 Å². The Bertz CT molecular complexity index is 491. The summed E-state index contributed by atoms with van der Waals surface area (Å²) < 4.78 is 26.5. The first-order valence-corrected chi connectivity index (χ1v) is 5.05. The largest absolute Gasteiger partial charge is 0.505 e. The molecule has 98 valence electrons. The quantitative estimate of drug-likeness (QED) is 0.720. The van der Waals surface area contributed by atoms with E-state index in [4.69, 9.17) is 10.8 Å². The summed E-state index contributed by atoms with van der Waals surface area (Å²) in [5, 5.41) is 11.2. The number of phenolic OH excluding ortho intramolecular Hbond substituents is 1. The molecule has 5 nitrogen and oxygen atoms in total. The first kappa shape index (κ1) is 13.9. The lowest BCUT2D eigenvalue weighted by atomic mass is 10.0. The Morgan fingerprint density at radius 2 is 2.00 bits per heavy atom. The summed E-state index contributed by atoms with van der Waals surface area (Å²) in [6.45, 7) is 1.17. The van der Waals surface area contributed by atoms with Crippen molar-refractivity contribution in [3.05, 3.63) is 29.3 Å². The minimum atomic E-state index is -1.40. The summed E-state index contributed by atoms with van der Waals surface area (Å²) in [5.41, 5.74) is 4.87. The zero-order valence-corrected chi connectivity index (χ0v) is 9.54. The van der Waals surface area contributed by atoms with E-state index in [9.17, 15) is 18.4 Å². The molecule has 0 aliphatic rings. The first-order chi connectivity index (χ1) is 8.32. The molecule has 0 saturated carbocycles. The number of primary amides is 1. The van der Waals surface area contributed by atoms with Gasteiger partial charge in [0.1, 0.15) is 6.04 Å². The van der Waals surface area contributed by atoms with Crippen LogP contribution in [0, 0.1) is 11.6 Å². The number of hydrogen-bond donors (Lipinski definition) is 3. The number of phenols is 1. The molecule has 0 aliphatic carbocycles. The molecule has 0 saturated heterocycles. The molecule has 4 N–H and O–H groups in total. The van der Waals surface area contributed by atoms with E-state index >= 15 is 0 Å². The van der Waals surface area contributed by atoms with Gasteiger partial charge < -0.3 is 16.2 Å². The summed E-state index contributed by atoms with van der Waals surface area (Å²) in [6.07, 6.45) is -0.294. The van der Waals surface area contributed by atoms with E-state index < -0.39 is 35.2 Å². The van der Waals surface area contributed by atoms with E-state index in [1.54, 1.807) is 0 Å². The van der Waals surface area contributed by atoms with Gasteiger partial charge in [0.25, 0.3) is 0 Å². The fraction of sp³-hybridized carbons (Fsp3) is 0.273. The number of carbonyl (C=O) groups is 2. The van der Waals surface area contributed by atoms with E-state index in [1.807, 2.05) is 0 Å². The van der Waals surface area contributed by atoms with Gasteiger partial charge in [0, 0.05) is 13.3 Å². The smallest absolute Gasteiger partial charge is 0.240 e. The number of carbonyl (C=O) groups excluding carboxylic acids is 2. The molecule has 1 atom stereocenters. The fourth-order valence-corrected chi connectivity index (χ4v) is 1.42. The van der Waals surface area contributed by atoms with E-state index in [0.717, 1.165) is 12.1 Å². The maximum Gasteiger partial charge on any atom is 0.240 e. The zero-order valence-electron chi connectivity index (χ0n) is 9.54. The molecule has 0 bridgehead atoms. The molecule has 0 aromatic heterocycles. The minimum absolute atomic E-state index is 0.164. The third kappa shape index (κ3) is 3.16. The predicted molar refractivity (Wildman–Crippen MR) is 58.5 cm³/mol. The fourth-order valence-electron chi connectivity index (χ4n) is 1.42. The van der Waals surface area contributed by atoms with E-state index in [1.165, 1.54) is 6.92 Å². The second kappa shape index (κ2) is 5.44. The van der Waals surface area contributed by atoms with Crippen LogP contribution >= 0.6 is 0 Å².